The van der Waals surface area contributed by atoms with E-state index in [2.05, 4.69) is 42.1 Å². The number of nitrogens with one attached hydrogen (secondary N) is 6. The average molecular weight is 1690 g/mol. The number of aromatic nitrogens is 6. The molecule has 6 amide bonds. The highest BCUT2D eigenvalue weighted by molar-refractivity contribution is 6.37. The number of alkyl carbamates (subject to hydrolysis) is 2. The molecular formula is C85H114Cl2N14O18. The highest BCUT2D eigenvalue weighted by atomic mass is 35.5. The Balaban J connectivity index is 0.000000206. The highest BCUT2D eigenvalue weighted by Crippen LogP contribution is 2.54. The van der Waals surface area contributed by atoms with Crippen LogP contribution in [0, 0.1) is 46.3 Å². The Kier molecular flexibility index (Phi) is 26.1. The maximum atomic E-state index is 14.8. The smallest absolute Gasteiger partial charge is 0.408 e. The zero-order valence-electron chi connectivity index (χ0n) is 70.5. The number of ether oxygens (including phenoxy) is 9. The largest absolute Gasteiger partial charge is 0.490 e. The number of hydrogen-bond donors (Lipinski definition) is 7. The van der Waals surface area contributed by atoms with Gasteiger partial charge < -0.3 is 89.4 Å². The van der Waals surface area contributed by atoms with Crippen molar-refractivity contribution in [2.24, 2.45) is 46.3 Å². The summed E-state index contributed by atoms with van der Waals surface area (Å²) in [6.45, 7) is 24.1. The third kappa shape index (κ3) is 19.5. The van der Waals surface area contributed by atoms with Crippen LogP contribution in [0.3, 0.4) is 0 Å². The second-order valence-electron chi connectivity index (χ2n) is 35.8. The molecule has 2 saturated heterocycles. The summed E-state index contributed by atoms with van der Waals surface area (Å²) >= 11 is 13.9. The Labute approximate surface area is 702 Å². The fourth-order valence-electron chi connectivity index (χ4n) is 17.4. The van der Waals surface area contributed by atoms with Crippen molar-refractivity contribution in [1.29, 1.82) is 0 Å². The Morgan fingerprint density at radius 3 is 1.28 bits per heavy atom. The van der Waals surface area contributed by atoms with Gasteiger partial charge >= 0.3 is 24.1 Å². The lowest BCUT2D eigenvalue weighted by atomic mass is 9.85. The second-order valence-corrected chi connectivity index (χ2v) is 36.5. The molecule has 119 heavy (non-hydrogen) atoms. The molecule has 8 fully saturated rings. The van der Waals surface area contributed by atoms with E-state index in [9.17, 15) is 43.5 Å². The fourth-order valence-corrected chi connectivity index (χ4v) is 17.9. The number of benzene rings is 2. The first kappa shape index (κ1) is 87.2. The number of hydrogen-bond acceptors (Lipinski definition) is 23. The first-order valence-electron chi connectivity index (χ1n) is 41.6. The van der Waals surface area contributed by atoms with Crippen molar-refractivity contribution >= 4 is 104 Å². The SMILES string of the molecule is CC[C@@H]1C[C@]1(NC(=O)[C@@H]1C[C@@H](Oc2cc(-n3ccc(NC(C)C)n3)nc3c(Cl)c(OCCOC)ccc23)CN1C(=O)[C@@H](NC(=O)OC1C[C@@H]2C[C@@H]2C1)C(C)(C)C)C(=O)O.CC[C@@H]1C[C@]1(NC(=O)[C@@H]1C[C@@H](Oc2cc(-n3ccc(NC(C)C)n3)nc3c(Cl)c(OCCOC)ccc23)CN1C(=O)[C@@H](NC(=O)OC1C[C@@H]2C[C@@H]2C1)C(C)(C)C)C(=O)OC. The van der Waals surface area contributed by atoms with Crippen LogP contribution in [-0.2, 0) is 52.5 Å². The molecule has 4 aromatic heterocycles. The lowest BCUT2D eigenvalue weighted by molar-refractivity contribution is -0.148. The third-order valence-electron chi connectivity index (χ3n) is 24.1. The summed E-state index contributed by atoms with van der Waals surface area (Å²) in [4.78, 5) is 123. The molecule has 7 N–H and O–H groups in total. The molecule has 8 aliphatic rings. The number of nitrogens with zero attached hydrogens (tertiary/aromatic N) is 8. The molecule has 14 rings (SSSR count). The summed E-state index contributed by atoms with van der Waals surface area (Å²) in [6, 6.07) is 10.1. The van der Waals surface area contributed by atoms with E-state index in [4.69, 9.17) is 75.8 Å². The van der Waals surface area contributed by atoms with Gasteiger partial charge in [0.25, 0.3) is 0 Å². The quantitative estimate of drug-likeness (QED) is 0.0117. The number of methoxy groups -OCH3 is 3. The van der Waals surface area contributed by atoms with E-state index in [1.165, 1.54) is 29.8 Å². The second kappa shape index (κ2) is 35.6. The molecule has 0 bridgehead atoms. The molecule has 646 valence electrons. The summed E-state index contributed by atoms with van der Waals surface area (Å²) in [5, 5.41) is 39.1. The van der Waals surface area contributed by atoms with Crippen LogP contribution in [-0.4, -0.2) is 225 Å². The van der Waals surface area contributed by atoms with Crippen molar-refractivity contribution in [1.82, 2.24) is 60.6 Å². The number of carboxylic acid groups (broad SMARTS) is 1. The number of carboxylic acids is 1. The van der Waals surface area contributed by atoms with E-state index < -0.39 is 106 Å². The van der Waals surface area contributed by atoms with Crippen LogP contribution in [0.25, 0.3) is 33.4 Å². The Morgan fingerprint density at radius 2 is 0.924 bits per heavy atom. The average Bonchev–Trinajstić information content (AvgIpc) is 1.63. The van der Waals surface area contributed by atoms with Crippen LogP contribution in [0.1, 0.15) is 160 Å². The monoisotopic (exact) mass is 1690 g/mol. The first-order chi connectivity index (χ1) is 56.5. The standard InChI is InChI=1S/C43H58ClN7O9.C42H56ClN7O9/c1-9-26-21-43(26,40(54)57-8)48-38(52)30-19-28(22-50(30)39(53)37(42(4,5)6)47-41(55)60-27-17-24-16-25(24)18-27)59-32-20-34(51-13-12-33(49-51)45-23(2)3)46-36-29(32)10-11-31(35(36)44)58-15-14-56-7;1-8-25-20-42(25,39(53)54)47-37(51)29-18-27(21-49(29)38(52)36(41(4,5)6)46-40(55)59-26-16-23-15-24(23)17-26)58-31-19-33(50-12-11-32(48-50)44-22(2)3)45-35-28(31)9-10-30(34(35)43)57-14-13-56-7/h10-13,20,23-28,30,37H,9,14-19,21-22H2,1-8H3,(H,45,49)(H,47,55)(H,48,52);9-12,19,22-27,29,36H,8,13-18,20-21H2,1-7H3,(H,44,48)(H,46,55)(H,47,51)(H,53,54)/t24-,25+,26-,27?,28-,30+,37-,43-;23-,24+,25-,26?,27-,29+,36-,42-/m11/s1. The van der Waals surface area contributed by atoms with Gasteiger partial charge in [-0.15, -0.1) is 10.2 Å². The zero-order chi connectivity index (χ0) is 85.5. The third-order valence-corrected chi connectivity index (χ3v) is 24.8. The van der Waals surface area contributed by atoms with E-state index in [1.807, 2.05) is 95.2 Å². The summed E-state index contributed by atoms with van der Waals surface area (Å²) in [5.41, 5.74) is -3.40. The number of anilines is 2. The van der Waals surface area contributed by atoms with Gasteiger partial charge in [-0.2, -0.15) is 0 Å². The minimum absolute atomic E-state index is 0.00996. The van der Waals surface area contributed by atoms with Gasteiger partial charge in [0.2, 0.25) is 23.6 Å². The van der Waals surface area contributed by atoms with Crippen LogP contribution in [0.5, 0.6) is 23.0 Å². The van der Waals surface area contributed by atoms with Gasteiger partial charge in [0.05, 0.1) is 44.4 Å². The molecule has 0 radical (unpaired) electrons. The Morgan fingerprint density at radius 1 is 0.529 bits per heavy atom. The van der Waals surface area contributed by atoms with E-state index >= 15 is 0 Å². The number of rotatable bonds is 32. The molecule has 6 aliphatic carbocycles. The predicted molar refractivity (Wildman–Crippen MR) is 442 cm³/mol. The maximum absolute atomic E-state index is 14.8. The summed E-state index contributed by atoms with van der Waals surface area (Å²) < 4.78 is 55.5. The lowest BCUT2D eigenvalue weighted by Gasteiger charge is -2.35. The summed E-state index contributed by atoms with van der Waals surface area (Å²) in [7, 11) is 4.45. The summed E-state index contributed by atoms with van der Waals surface area (Å²) in [5.74, 6) is 1.92. The number of carbonyl (C=O) groups excluding carboxylic acids is 7. The topological polar surface area (TPSA) is 380 Å². The molecule has 32 nitrogen and oxygen atoms in total. The number of likely N-dealkylation sites (tertiary alicyclic amines) is 2. The number of esters is 1. The van der Waals surface area contributed by atoms with Crippen molar-refractivity contribution < 1.29 is 86.1 Å². The fraction of sp³-hybridized carbons (Fsp3) is 0.624. The highest BCUT2D eigenvalue weighted by Gasteiger charge is 2.64. The van der Waals surface area contributed by atoms with Gasteiger partial charge in [-0.3, -0.25) is 19.2 Å². The Hall–Kier alpha value is -9.66. The molecule has 6 heterocycles. The predicted octanol–water partition coefficient (Wildman–Crippen LogP) is 11.2. The molecule has 6 aromatic rings. The number of amides is 6. The lowest BCUT2D eigenvalue weighted by Crippen LogP contribution is -2.59. The van der Waals surface area contributed by atoms with Crippen LogP contribution in [0.2, 0.25) is 10.0 Å². The van der Waals surface area contributed by atoms with Crippen molar-refractivity contribution in [2.75, 3.05) is 71.5 Å². The molecule has 6 saturated carbocycles. The number of carbonyl (C=O) groups is 8. The van der Waals surface area contributed by atoms with Crippen molar-refractivity contribution in [2.45, 2.75) is 232 Å². The molecule has 0 spiro atoms. The van der Waals surface area contributed by atoms with Gasteiger partial charge in [-0.05, 0) is 150 Å². The van der Waals surface area contributed by atoms with Gasteiger partial charge in [0.15, 0.2) is 11.6 Å². The van der Waals surface area contributed by atoms with Gasteiger partial charge in [-0.1, -0.05) is 91.4 Å². The molecule has 34 heteroatoms. The Bertz CT molecular complexity index is 4760. The number of fused-ring (bicyclic) bond motifs is 4. The number of pyridine rings is 2. The molecular weight excluding hydrogens is 1580 g/mol. The van der Waals surface area contributed by atoms with Crippen molar-refractivity contribution in [3.63, 3.8) is 0 Å². The molecule has 2 aromatic carbocycles. The summed E-state index contributed by atoms with van der Waals surface area (Å²) in [6.07, 6.45) is 8.00. The van der Waals surface area contributed by atoms with Crippen LogP contribution >= 0.6 is 23.2 Å². The van der Waals surface area contributed by atoms with Crippen LogP contribution < -0.4 is 50.8 Å². The van der Waals surface area contributed by atoms with E-state index in [-0.39, 0.29) is 91.7 Å². The normalized spacial score (nSPS) is 26.1. The number of halogens is 2. The van der Waals surface area contributed by atoms with Crippen molar-refractivity contribution in [3.8, 4) is 34.6 Å². The van der Waals surface area contributed by atoms with Crippen LogP contribution in [0.15, 0.2) is 60.9 Å². The number of aliphatic carboxylic acids is 1. The van der Waals surface area contributed by atoms with E-state index in [0.717, 1.165) is 25.7 Å². The van der Waals surface area contributed by atoms with Gasteiger partial charge in [0.1, 0.15) is 118 Å². The van der Waals surface area contributed by atoms with Crippen molar-refractivity contribution in [3.05, 3.63) is 71.0 Å². The zero-order valence-corrected chi connectivity index (χ0v) is 72.0. The van der Waals surface area contributed by atoms with Gasteiger partial charge in [-0.25, -0.2) is 38.5 Å². The molecule has 16 atom stereocenters. The minimum Gasteiger partial charge on any atom is -0.490 e. The van der Waals surface area contributed by atoms with E-state index in [1.54, 1.807) is 72.4 Å². The van der Waals surface area contributed by atoms with E-state index in [0.29, 0.717) is 124 Å². The molecule has 2 aliphatic heterocycles. The first-order valence-corrected chi connectivity index (χ1v) is 42.3. The van der Waals surface area contributed by atoms with Crippen LogP contribution in [0.4, 0.5) is 21.2 Å². The van der Waals surface area contributed by atoms with Gasteiger partial charge in [0, 0.05) is 86.6 Å². The molecule has 2 unspecified atom stereocenters. The maximum Gasteiger partial charge on any atom is 0.408 e. The minimum atomic E-state index is -1.42.